The van der Waals surface area contributed by atoms with Crippen LogP contribution in [0.2, 0.25) is 0 Å². The number of nitrogens with two attached hydrogens (primary N) is 1. The Labute approximate surface area is 121 Å². The van der Waals surface area contributed by atoms with Crippen molar-refractivity contribution in [2.75, 3.05) is 0 Å². The lowest BCUT2D eigenvalue weighted by molar-refractivity contribution is 0.487. The lowest BCUT2D eigenvalue weighted by atomic mass is 9.98. The Bertz CT molecular complexity index is 547. The smallest absolute Gasteiger partial charge is 0.0494 e. The third-order valence-electron chi connectivity index (χ3n) is 4.42. The minimum atomic E-state index is 0.256. The molecule has 3 rings (SSSR count). The summed E-state index contributed by atoms with van der Waals surface area (Å²) in [5, 5.41) is 0. The van der Waals surface area contributed by atoms with Crippen molar-refractivity contribution >= 4 is 0 Å². The van der Waals surface area contributed by atoms with E-state index < -0.39 is 0 Å². The van der Waals surface area contributed by atoms with E-state index in [1.54, 1.807) is 0 Å². The van der Waals surface area contributed by atoms with Gasteiger partial charge in [0, 0.05) is 6.04 Å². The highest BCUT2D eigenvalue weighted by molar-refractivity contribution is 5.31. The molecule has 1 aliphatic rings. The van der Waals surface area contributed by atoms with Gasteiger partial charge in [0.1, 0.15) is 0 Å². The molecule has 0 aromatic heterocycles. The Hall–Kier alpha value is -1.64. The van der Waals surface area contributed by atoms with Gasteiger partial charge in [-0.1, -0.05) is 61.5 Å². The van der Waals surface area contributed by atoms with Crippen LogP contribution in [-0.2, 0) is 6.42 Å². The molecular weight excluding hydrogens is 244 g/mol. The minimum Gasteiger partial charge on any atom is -0.271 e. The minimum absolute atomic E-state index is 0.256. The summed E-state index contributed by atoms with van der Waals surface area (Å²) in [4.78, 5) is 0. The molecule has 20 heavy (non-hydrogen) atoms. The first-order chi connectivity index (χ1) is 9.83. The van der Waals surface area contributed by atoms with Gasteiger partial charge in [0.25, 0.3) is 0 Å². The standard InChI is InChI=1S/C18H22N2/c1-2-13-8-10-15(11-9-13)18(20-19)17-12-16(17)14-6-4-3-5-7-14/h3-11,16-18,20H,2,12,19H2,1H3. The van der Waals surface area contributed by atoms with Crippen molar-refractivity contribution < 1.29 is 0 Å². The zero-order valence-electron chi connectivity index (χ0n) is 11.9. The summed E-state index contributed by atoms with van der Waals surface area (Å²) in [5.74, 6) is 7.05. The molecule has 0 spiro atoms. The molecule has 2 aromatic carbocycles. The fourth-order valence-electron chi connectivity index (χ4n) is 3.09. The van der Waals surface area contributed by atoms with Crippen molar-refractivity contribution in [3.05, 3.63) is 71.3 Å². The first-order valence-electron chi connectivity index (χ1n) is 7.43. The molecule has 1 saturated carbocycles. The molecule has 2 nitrogen and oxygen atoms in total. The SMILES string of the molecule is CCc1ccc(C(NN)C2CC2c2ccccc2)cc1. The van der Waals surface area contributed by atoms with Gasteiger partial charge in [-0.05, 0) is 41.4 Å². The summed E-state index contributed by atoms with van der Waals surface area (Å²) in [5.41, 5.74) is 7.12. The second-order valence-electron chi connectivity index (χ2n) is 5.66. The quantitative estimate of drug-likeness (QED) is 0.641. The molecule has 2 heteroatoms. The first kappa shape index (κ1) is 13.3. The van der Waals surface area contributed by atoms with Crippen LogP contribution in [0.1, 0.15) is 42.0 Å². The highest BCUT2D eigenvalue weighted by atomic mass is 15.2. The monoisotopic (exact) mass is 266 g/mol. The van der Waals surface area contributed by atoms with Crippen molar-refractivity contribution in [1.82, 2.24) is 5.43 Å². The summed E-state index contributed by atoms with van der Waals surface area (Å²) in [7, 11) is 0. The second kappa shape index (κ2) is 5.78. The zero-order chi connectivity index (χ0) is 13.9. The maximum atomic E-state index is 5.81. The number of hydrogen-bond acceptors (Lipinski definition) is 2. The molecule has 0 radical (unpaired) electrons. The van der Waals surface area contributed by atoms with Crippen LogP contribution in [-0.4, -0.2) is 0 Å². The summed E-state index contributed by atoms with van der Waals surface area (Å²) in [6, 6.07) is 19.8. The molecule has 104 valence electrons. The molecule has 1 fully saturated rings. The molecule has 0 heterocycles. The van der Waals surface area contributed by atoms with Crippen molar-refractivity contribution in [1.29, 1.82) is 0 Å². The molecule has 2 aromatic rings. The Balaban J connectivity index is 1.75. The highest BCUT2D eigenvalue weighted by Crippen LogP contribution is 2.53. The number of rotatable bonds is 5. The van der Waals surface area contributed by atoms with Crippen LogP contribution < -0.4 is 11.3 Å². The number of hydrazine groups is 1. The van der Waals surface area contributed by atoms with Crippen LogP contribution in [0.5, 0.6) is 0 Å². The van der Waals surface area contributed by atoms with E-state index in [4.69, 9.17) is 5.84 Å². The van der Waals surface area contributed by atoms with E-state index in [9.17, 15) is 0 Å². The van der Waals surface area contributed by atoms with E-state index in [1.807, 2.05) is 0 Å². The third kappa shape index (κ3) is 2.62. The molecule has 3 atom stereocenters. The lowest BCUT2D eigenvalue weighted by Crippen LogP contribution is -2.29. The molecule has 1 aliphatic carbocycles. The number of nitrogens with one attached hydrogen (secondary N) is 1. The third-order valence-corrected chi connectivity index (χ3v) is 4.42. The van der Waals surface area contributed by atoms with Gasteiger partial charge in [-0.15, -0.1) is 0 Å². The molecule has 0 aliphatic heterocycles. The van der Waals surface area contributed by atoms with E-state index in [0.717, 1.165) is 6.42 Å². The summed E-state index contributed by atoms with van der Waals surface area (Å²) >= 11 is 0. The first-order valence-corrected chi connectivity index (χ1v) is 7.43. The Morgan fingerprint density at radius 1 is 1.10 bits per heavy atom. The van der Waals surface area contributed by atoms with Crippen LogP contribution in [0.4, 0.5) is 0 Å². The number of hydrogen-bond donors (Lipinski definition) is 2. The van der Waals surface area contributed by atoms with Gasteiger partial charge >= 0.3 is 0 Å². The van der Waals surface area contributed by atoms with Gasteiger partial charge in [-0.2, -0.15) is 0 Å². The Morgan fingerprint density at radius 2 is 1.80 bits per heavy atom. The average molecular weight is 266 g/mol. The van der Waals surface area contributed by atoms with Gasteiger partial charge in [0.2, 0.25) is 0 Å². The van der Waals surface area contributed by atoms with Crippen LogP contribution in [0.25, 0.3) is 0 Å². The second-order valence-corrected chi connectivity index (χ2v) is 5.66. The zero-order valence-corrected chi connectivity index (χ0v) is 11.9. The maximum Gasteiger partial charge on any atom is 0.0494 e. The van der Waals surface area contributed by atoms with E-state index in [1.165, 1.54) is 23.1 Å². The average Bonchev–Trinajstić information content (AvgIpc) is 3.30. The predicted octanol–water partition coefficient (Wildman–Crippen LogP) is 3.56. The molecule has 0 amide bonds. The molecule has 0 bridgehead atoms. The molecular formula is C18H22N2. The summed E-state index contributed by atoms with van der Waals surface area (Å²) < 4.78 is 0. The summed E-state index contributed by atoms with van der Waals surface area (Å²) in [6.45, 7) is 2.18. The topological polar surface area (TPSA) is 38.0 Å². The van der Waals surface area contributed by atoms with Crippen LogP contribution in [0.15, 0.2) is 54.6 Å². The number of benzene rings is 2. The number of aryl methyl sites for hydroxylation is 1. The summed E-state index contributed by atoms with van der Waals surface area (Å²) in [6.07, 6.45) is 2.30. The van der Waals surface area contributed by atoms with E-state index >= 15 is 0 Å². The van der Waals surface area contributed by atoms with Gasteiger partial charge in [0.15, 0.2) is 0 Å². The van der Waals surface area contributed by atoms with Gasteiger partial charge in [-0.3, -0.25) is 11.3 Å². The van der Waals surface area contributed by atoms with E-state index in [0.29, 0.717) is 11.8 Å². The van der Waals surface area contributed by atoms with Crippen LogP contribution >= 0.6 is 0 Å². The van der Waals surface area contributed by atoms with Crippen molar-refractivity contribution in [2.24, 2.45) is 11.8 Å². The molecule has 3 N–H and O–H groups in total. The predicted molar refractivity (Wildman–Crippen MR) is 83.2 cm³/mol. The van der Waals surface area contributed by atoms with E-state index in [-0.39, 0.29) is 6.04 Å². The van der Waals surface area contributed by atoms with Gasteiger partial charge < -0.3 is 0 Å². The van der Waals surface area contributed by atoms with Crippen LogP contribution in [0.3, 0.4) is 0 Å². The fraction of sp³-hybridized carbons (Fsp3) is 0.333. The van der Waals surface area contributed by atoms with Crippen molar-refractivity contribution in [3.8, 4) is 0 Å². The van der Waals surface area contributed by atoms with Crippen molar-refractivity contribution in [2.45, 2.75) is 31.7 Å². The fourth-order valence-corrected chi connectivity index (χ4v) is 3.09. The van der Waals surface area contributed by atoms with E-state index in [2.05, 4.69) is 66.9 Å². The van der Waals surface area contributed by atoms with Gasteiger partial charge in [0.05, 0.1) is 0 Å². The largest absolute Gasteiger partial charge is 0.271 e. The molecule has 3 unspecified atom stereocenters. The molecule has 0 saturated heterocycles. The maximum absolute atomic E-state index is 5.81. The lowest BCUT2D eigenvalue weighted by Gasteiger charge is -2.17. The Kier molecular flexibility index (Phi) is 3.86. The highest BCUT2D eigenvalue weighted by Gasteiger charge is 2.43. The van der Waals surface area contributed by atoms with Crippen LogP contribution in [0, 0.1) is 5.92 Å². The van der Waals surface area contributed by atoms with Crippen molar-refractivity contribution in [3.63, 3.8) is 0 Å². The Morgan fingerprint density at radius 3 is 2.40 bits per heavy atom. The van der Waals surface area contributed by atoms with Gasteiger partial charge in [-0.25, -0.2) is 0 Å². The normalized spacial score (nSPS) is 22.5.